The van der Waals surface area contributed by atoms with Crippen molar-refractivity contribution in [3.05, 3.63) is 0 Å². The van der Waals surface area contributed by atoms with Crippen LogP contribution in [0.3, 0.4) is 0 Å². The quantitative estimate of drug-likeness (QED) is 0.833. The zero-order chi connectivity index (χ0) is 12.8. The lowest BCUT2D eigenvalue weighted by molar-refractivity contribution is -0.138. The van der Waals surface area contributed by atoms with Crippen LogP contribution in [0.1, 0.15) is 51.4 Å². The summed E-state index contributed by atoms with van der Waals surface area (Å²) < 4.78 is 0. The summed E-state index contributed by atoms with van der Waals surface area (Å²) >= 11 is 0. The van der Waals surface area contributed by atoms with E-state index in [0.29, 0.717) is 11.8 Å². The van der Waals surface area contributed by atoms with Crippen molar-refractivity contribution in [2.75, 3.05) is 26.7 Å². The van der Waals surface area contributed by atoms with Crippen molar-refractivity contribution < 1.29 is 4.79 Å². The van der Waals surface area contributed by atoms with E-state index in [4.69, 9.17) is 0 Å². The molecular formula is C15H28N2O. The van der Waals surface area contributed by atoms with Crippen molar-refractivity contribution in [1.29, 1.82) is 0 Å². The van der Waals surface area contributed by atoms with Gasteiger partial charge >= 0.3 is 0 Å². The number of rotatable bonds is 4. The molecule has 1 unspecified atom stereocenters. The number of hydrogen-bond donors (Lipinski definition) is 1. The Morgan fingerprint density at radius 1 is 1.17 bits per heavy atom. The van der Waals surface area contributed by atoms with Gasteiger partial charge in [0.2, 0.25) is 5.91 Å². The van der Waals surface area contributed by atoms with Crippen LogP contribution in [0.15, 0.2) is 0 Å². The lowest BCUT2D eigenvalue weighted by Crippen LogP contribution is -2.43. The highest BCUT2D eigenvalue weighted by atomic mass is 16.2. The van der Waals surface area contributed by atoms with Gasteiger partial charge in [-0.15, -0.1) is 0 Å². The second-order valence-corrected chi connectivity index (χ2v) is 6.02. The summed E-state index contributed by atoms with van der Waals surface area (Å²) in [7, 11) is 2.01. The maximum absolute atomic E-state index is 12.5. The Hall–Kier alpha value is -0.570. The minimum Gasteiger partial charge on any atom is -0.342 e. The van der Waals surface area contributed by atoms with Crippen LogP contribution in [0, 0.1) is 11.8 Å². The summed E-state index contributed by atoms with van der Waals surface area (Å²) in [6.07, 6.45) is 9.83. The van der Waals surface area contributed by atoms with Crippen LogP contribution in [-0.2, 0) is 4.79 Å². The number of amides is 1. The molecule has 0 bridgehead atoms. The molecule has 0 spiro atoms. The highest BCUT2D eigenvalue weighted by Crippen LogP contribution is 2.28. The van der Waals surface area contributed by atoms with Crippen LogP contribution < -0.4 is 5.32 Å². The van der Waals surface area contributed by atoms with Crippen molar-refractivity contribution in [3.63, 3.8) is 0 Å². The van der Waals surface area contributed by atoms with Crippen LogP contribution in [0.2, 0.25) is 0 Å². The van der Waals surface area contributed by atoms with Crippen LogP contribution >= 0.6 is 0 Å². The van der Waals surface area contributed by atoms with Crippen LogP contribution in [0.4, 0.5) is 0 Å². The molecule has 1 N–H and O–H groups in total. The maximum atomic E-state index is 12.5. The third-order valence-corrected chi connectivity index (χ3v) is 4.59. The number of likely N-dealkylation sites (tertiary alicyclic amines) is 1. The predicted octanol–water partition coefficient (Wildman–Crippen LogP) is 2.41. The average molecular weight is 252 g/mol. The molecule has 2 rings (SSSR count). The third-order valence-electron chi connectivity index (χ3n) is 4.59. The summed E-state index contributed by atoms with van der Waals surface area (Å²) in [5.41, 5.74) is 0. The van der Waals surface area contributed by atoms with Gasteiger partial charge in [0.1, 0.15) is 0 Å². The Kier molecular flexibility index (Phi) is 5.48. The lowest BCUT2D eigenvalue weighted by atomic mass is 9.87. The summed E-state index contributed by atoms with van der Waals surface area (Å²) in [5, 5.41) is 3.22. The Morgan fingerprint density at radius 3 is 2.67 bits per heavy atom. The predicted molar refractivity (Wildman–Crippen MR) is 74.4 cm³/mol. The molecule has 3 nitrogen and oxygen atoms in total. The van der Waals surface area contributed by atoms with Crippen molar-refractivity contribution in [3.8, 4) is 0 Å². The normalized spacial score (nSPS) is 26.3. The Balaban J connectivity index is 1.81. The molecule has 2 aliphatic rings. The maximum Gasteiger partial charge on any atom is 0.225 e. The molecule has 0 aromatic heterocycles. The van der Waals surface area contributed by atoms with Crippen LogP contribution in [0.25, 0.3) is 0 Å². The van der Waals surface area contributed by atoms with E-state index in [1.165, 1.54) is 38.5 Å². The number of nitrogens with one attached hydrogen (secondary N) is 1. The summed E-state index contributed by atoms with van der Waals surface area (Å²) in [4.78, 5) is 14.6. The molecule has 1 amide bonds. The van der Waals surface area contributed by atoms with Crippen molar-refractivity contribution >= 4 is 5.91 Å². The smallest absolute Gasteiger partial charge is 0.225 e. The van der Waals surface area contributed by atoms with Crippen molar-refractivity contribution in [2.45, 2.75) is 51.4 Å². The molecule has 2 fully saturated rings. The molecule has 1 heterocycles. The SMILES string of the molecule is CNCCC1CCCN(C(=O)C2CCCCC2)C1. The van der Waals surface area contributed by atoms with Gasteiger partial charge in [0.25, 0.3) is 0 Å². The molecule has 1 atom stereocenters. The minimum atomic E-state index is 0.349. The molecule has 1 aliphatic carbocycles. The topological polar surface area (TPSA) is 32.3 Å². The Bertz CT molecular complexity index is 261. The molecular weight excluding hydrogens is 224 g/mol. The Labute approximate surface area is 111 Å². The minimum absolute atomic E-state index is 0.349. The van der Waals surface area contributed by atoms with Gasteiger partial charge in [0.15, 0.2) is 0 Å². The number of carbonyl (C=O) groups excluding carboxylic acids is 1. The van der Waals surface area contributed by atoms with E-state index in [1.807, 2.05) is 7.05 Å². The highest BCUT2D eigenvalue weighted by Gasteiger charge is 2.29. The van der Waals surface area contributed by atoms with Gasteiger partial charge in [-0.1, -0.05) is 19.3 Å². The standard InChI is InChI=1S/C15H28N2O/c1-16-10-9-13-6-5-11-17(12-13)15(18)14-7-3-2-4-8-14/h13-14,16H,2-12H2,1H3. The van der Waals surface area contributed by atoms with Crippen molar-refractivity contribution in [2.24, 2.45) is 11.8 Å². The van der Waals surface area contributed by atoms with E-state index >= 15 is 0 Å². The van der Waals surface area contributed by atoms with Crippen LogP contribution in [-0.4, -0.2) is 37.5 Å². The second-order valence-electron chi connectivity index (χ2n) is 6.02. The monoisotopic (exact) mass is 252 g/mol. The zero-order valence-corrected chi connectivity index (χ0v) is 11.8. The van der Waals surface area contributed by atoms with Gasteiger partial charge in [0, 0.05) is 19.0 Å². The molecule has 3 heteroatoms. The number of piperidine rings is 1. The second kappa shape index (κ2) is 7.13. The highest BCUT2D eigenvalue weighted by molar-refractivity contribution is 5.79. The van der Waals surface area contributed by atoms with Gasteiger partial charge in [-0.3, -0.25) is 4.79 Å². The fourth-order valence-electron chi connectivity index (χ4n) is 3.46. The van der Waals surface area contributed by atoms with E-state index < -0.39 is 0 Å². The van der Waals surface area contributed by atoms with E-state index in [1.54, 1.807) is 0 Å². The first-order valence-electron chi connectivity index (χ1n) is 7.74. The molecule has 1 saturated carbocycles. The van der Waals surface area contributed by atoms with Gasteiger partial charge < -0.3 is 10.2 Å². The molecule has 0 radical (unpaired) electrons. The van der Waals surface area contributed by atoms with Crippen molar-refractivity contribution in [1.82, 2.24) is 10.2 Å². The van der Waals surface area contributed by atoms with Gasteiger partial charge in [-0.2, -0.15) is 0 Å². The molecule has 104 valence electrons. The van der Waals surface area contributed by atoms with E-state index in [2.05, 4.69) is 10.2 Å². The summed E-state index contributed by atoms with van der Waals surface area (Å²) in [6, 6.07) is 0. The van der Waals surface area contributed by atoms with Gasteiger partial charge in [-0.05, 0) is 51.6 Å². The van der Waals surface area contributed by atoms with E-state index in [0.717, 1.165) is 38.4 Å². The fraction of sp³-hybridized carbons (Fsp3) is 0.933. The number of hydrogen-bond acceptors (Lipinski definition) is 2. The van der Waals surface area contributed by atoms with Crippen LogP contribution in [0.5, 0.6) is 0 Å². The van der Waals surface area contributed by atoms with Gasteiger partial charge in [-0.25, -0.2) is 0 Å². The van der Waals surface area contributed by atoms with E-state index in [9.17, 15) is 4.79 Å². The largest absolute Gasteiger partial charge is 0.342 e. The number of nitrogens with zero attached hydrogens (tertiary/aromatic N) is 1. The third kappa shape index (κ3) is 3.71. The molecule has 18 heavy (non-hydrogen) atoms. The lowest BCUT2D eigenvalue weighted by Gasteiger charge is -2.36. The molecule has 0 aromatic rings. The first-order valence-corrected chi connectivity index (χ1v) is 7.74. The van der Waals surface area contributed by atoms with Gasteiger partial charge in [0.05, 0.1) is 0 Å². The fourth-order valence-corrected chi connectivity index (χ4v) is 3.46. The molecule has 1 aliphatic heterocycles. The first kappa shape index (κ1) is 13.9. The van der Waals surface area contributed by atoms with E-state index in [-0.39, 0.29) is 0 Å². The summed E-state index contributed by atoms with van der Waals surface area (Å²) in [5.74, 6) is 1.53. The average Bonchev–Trinajstić information content (AvgIpc) is 2.45. The first-order chi connectivity index (χ1) is 8.81. The molecule has 0 aromatic carbocycles. The Morgan fingerprint density at radius 2 is 1.94 bits per heavy atom. The molecule has 1 saturated heterocycles. The number of carbonyl (C=O) groups is 1. The zero-order valence-electron chi connectivity index (χ0n) is 11.8. The summed E-state index contributed by atoms with van der Waals surface area (Å²) in [6.45, 7) is 3.10.